The molecule has 4 nitrogen and oxygen atoms in total. The highest BCUT2D eigenvalue weighted by Crippen LogP contribution is 2.23. The topological polar surface area (TPSA) is 49.4 Å². The Labute approximate surface area is 218 Å². The zero-order chi connectivity index (χ0) is 25.0. The predicted molar refractivity (Wildman–Crippen MR) is 146 cm³/mol. The SMILES string of the molecule is CCCCNC(=O)[C@@H](Cc1ccccc1)N(Cc1ccccc1C)C(=O)CSc1ccc(Cl)cc1. The van der Waals surface area contributed by atoms with Gasteiger partial charge < -0.3 is 10.2 Å². The summed E-state index contributed by atoms with van der Waals surface area (Å²) in [6.07, 6.45) is 2.36. The van der Waals surface area contributed by atoms with Crippen LogP contribution in [0.15, 0.2) is 83.8 Å². The van der Waals surface area contributed by atoms with Gasteiger partial charge in [0.1, 0.15) is 6.04 Å². The van der Waals surface area contributed by atoms with Crippen LogP contribution in [-0.4, -0.2) is 35.1 Å². The molecule has 0 saturated heterocycles. The molecular weight excluding hydrogens is 476 g/mol. The number of hydrogen-bond donors (Lipinski definition) is 1. The molecule has 1 N–H and O–H groups in total. The van der Waals surface area contributed by atoms with Crippen molar-refractivity contribution in [2.24, 2.45) is 0 Å². The molecule has 3 rings (SSSR count). The van der Waals surface area contributed by atoms with Gasteiger partial charge in [-0.3, -0.25) is 9.59 Å². The summed E-state index contributed by atoms with van der Waals surface area (Å²) in [4.78, 5) is 29.8. The lowest BCUT2D eigenvalue weighted by atomic mass is 10.0. The summed E-state index contributed by atoms with van der Waals surface area (Å²) in [7, 11) is 0. The molecule has 3 aromatic carbocycles. The van der Waals surface area contributed by atoms with Crippen molar-refractivity contribution in [1.82, 2.24) is 10.2 Å². The maximum Gasteiger partial charge on any atom is 0.243 e. The third-order valence-corrected chi connectivity index (χ3v) is 7.13. The maximum absolute atomic E-state index is 13.7. The molecule has 0 spiro atoms. The lowest BCUT2D eigenvalue weighted by Crippen LogP contribution is -2.51. The average molecular weight is 509 g/mol. The van der Waals surface area contributed by atoms with Crippen molar-refractivity contribution in [3.05, 3.63) is 101 Å². The molecule has 1 atom stereocenters. The summed E-state index contributed by atoms with van der Waals surface area (Å²) in [5.41, 5.74) is 3.16. The average Bonchev–Trinajstić information content (AvgIpc) is 2.87. The van der Waals surface area contributed by atoms with Gasteiger partial charge in [-0.15, -0.1) is 11.8 Å². The van der Waals surface area contributed by atoms with Gasteiger partial charge in [0, 0.05) is 29.4 Å². The highest BCUT2D eigenvalue weighted by Gasteiger charge is 2.30. The molecule has 0 bridgehead atoms. The fourth-order valence-electron chi connectivity index (χ4n) is 3.79. The van der Waals surface area contributed by atoms with Crippen LogP contribution < -0.4 is 5.32 Å². The largest absolute Gasteiger partial charge is 0.354 e. The van der Waals surface area contributed by atoms with Crippen LogP contribution in [0.4, 0.5) is 0 Å². The normalized spacial score (nSPS) is 11.6. The summed E-state index contributed by atoms with van der Waals surface area (Å²) in [5, 5.41) is 3.73. The van der Waals surface area contributed by atoms with Crippen molar-refractivity contribution in [1.29, 1.82) is 0 Å². The monoisotopic (exact) mass is 508 g/mol. The zero-order valence-corrected chi connectivity index (χ0v) is 21.9. The number of amides is 2. The predicted octanol–water partition coefficient (Wildman–Crippen LogP) is 6.30. The second kappa shape index (κ2) is 14.0. The van der Waals surface area contributed by atoms with Crippen molar-refractivity contribution in [3.8, 4) is 0 Å². The number of carbonyl (C=O) groups excluding carboxylic acids is 2. The highest BCUT2D eigenvalue weighted by molar-refractivity contribution is 8.00. The molecule has 35 heavy (non-hydrogen) atoms. The molecule has 0 aliphatic heterocycles. The Bertz CT molecular complexity index is 1090. The number of rotatable bonds is 12. The summed E-state index contributed by atoms with van der Waals surface area (Å²) < 4.78 is 0. The second-order valence-electron chi connectivity index (χ2n) is 8.54. The Kier molecular flexibility index (Phi) is 10.7. The summed E-state index contributed by atoms with van der Waals surface area (Å²) in [6.45, 7) is 5.11. The molecule has 0 heterocycles. The fourth-order valence-corrected chi connectivity index (χ4v) is 4.70. The minimum Gasteiger partial charge on any atom is -0.354 e. The first-order valence-corrected chi connectivity index (χ1v) is 13.4. The molecule has 0 fully saturated rings. The van der Waals surface area contributed by atoms with Gasteiger partial charge in [-0.1, -0.05) is 79.5 Å². The van der Waals surface area contributed by atoms with E-state index in [0.717, 1.165) is 34.4 Å². The third kappa shape index (κ3) is 8.44. The third-order valence-electron chi connectivity index (χ3n) is 5.88. The van der Waals surface area contributed by atoms with Gasteiger partial charge in [0.15, 0.2) is 0 Å². The van der Waals surface area contributed by atoms with Crippen LogP contribution in [0.5, 0.6) is 0 Å². The fraction of sp³-hybridized carbons (Fsp3) is 0.310. The lowest BCUT2D eigenvalue weighted by molar-refractivity contribution is -0.139. The number of benzene rings is 3. The number of halogens is 1. The first kappa shape index (κ1) is 26.8. The minimum absolute atomic E-state index is 0.0697. The summed E-state index contributed by atoms with van der Waals surface area (Å²) in [5.74, 6) is 0.0571. The lowest BCUT2D eigenvalue weighted by Gasteiger charge is -2.32. The molecular formula is C29H33ClN2O2S. The zero-order valence-electron chi connectivity index (χ0n) is 20.4. The van der Waals surface area contributed by atoms with Crippen LogP contribution in [0.2, 0.25) is 5.02 Å². The molecule has 0 aliphatic carbocycles. The van der Waals surface area contributed by atoms with E-state index in [4.69, 9.17) is 11.6 Å². The van der Waals surface area contributed by atoms with E-state index < -0.39 is 6.04 Å². The minimum atomic E-state index is -0.604. The number of thioether (sulfide) groups is 1. The van der Waals surface area contributed by atoms with E-state index in [9.17, 15) is 9.59 Å². The van der Waals surface area contributed by atoms with Gasteiger partial charge in [-0.25, -0.2) is 0 Å². The first-order chi connectivity index (χ1) is 17.0. The van der Waals surface area contributed by atoms with Gasteiger partial charge in [-0.05, 0) is 54.3 Å². The van der Waals surface area contributed by atoms with Gasteiger partial charge in [0.25, 0.3) is 0 Å². The van der Waals surface area contributed by atoms with Crippen molar-refractivity contribution in [3.63, 3.8) is 0 Å². The number of hydrogen-bond acceptors (Lipinski definition) is 3. The van der Waals surface area contributed by atoms with E-state index in [1.165, 1.54) is 11.8 Å². The second-order valence-corrected chi connectivity index (χ2v) is 10.0. The van der Waals surface area contributed by atoms with Gasteiger partial charge in [-0.2, -0.15) is 0 Å². The van der Waals surface area contributed by atoms with E-state index in [1.807, 2.05) is 85.8 Å². The Morgan fingerprint density at radius 2 is 1.66 bits per heavy atom. The molecule has 0 aromatic heterocycles. The Hall–Kier alpha value is -2.76. The van der Waals surface area contributed by atoms with Crippen LogP contribution in [0.3, 0.4) is 0 Å². The number of nitrogens with one attached hydrogen (secondary N) is 1. The van der Waals surface area contributed by atoms with Crippen molar-refractivity contribution < 1.29 is 9.59 Å². The first-order valence-electron chi connectivity index (χ1n) is 12.0. The van der Waals surface area contributed by atoms with Crippen LogP contribution in [0, 0.1) is 6.92 Å². The van der Waals surface area contributed by atoms with Crippen molar-refractivity contribution >= 4 is 35.2 Å². The van der Waals surface area contributed by atoms with Gasteiger partial charge in [0.05, 0.1) is 5.75 Å². The Balaban J connectivity index is 1.88. The molecule has 0 unspecified atom stereocenters. The van der Waals surface area contributed by atoms with E-state index in [0.29, 0.717) is 24.5 Å². The molecule has 0 aliphatic rings. The smallest absolute Gasteiger partial charge is 0.243 e. The van der Waals surface area contributed by atoms with Crippen LogP contribution >= 0.6 is 23.4 Å². The molecule has 0 radical (unpaired) electrons. The maximum atomic E-state index is 13.7. The van der Waals surface area contributed by atoms with E-state index in [-0.39, 0.29) is 17.6 Å². The van der Waals surface area contributed by atoms with E-state index in [1.54, 1.807) is 4.90 Å². The van der Waals surface area contributed by atoms with E-state index >= 15 is 0 Å². The van der Waals surface area contributed by atoms with Gasteiger partial charge in [0.2, 0.25) is 11.8 Å². The standard InChI is InChI=1S/C29H33ClN2O2S/c1-3-4-18-31-29(34)27(19-23-11-6-5-7-12-23)32(20-24-13-9-8-10-22(24)2)28(33)21-35-26-16-14-25(30)15-17-26/h5-17,27H,3-4,18-21H2,1-2H3,(H,31,34)/t27-/m1/s1. The Morgan fingerprint density at radius 3 is 2.34 bits per heavy atom. The molecule has 6 heteroatoms. The van der Waals surface area contributed by atoms with Gasteiger partial charge >= 0.3 is 0 Å². The number of aryl methyl sites for hydroxylation is 1. The number of carbonyl (C=O) groups is 2. The number of unbranched alkanes of at least 4 members (excludes halogenated alkanes) is 1. The summed E-state index contributed by atoms with van der Waals surface area (Å²) in [6, 6.07) is 24.8. The Morgan fingerprint density at radius 1 is 0.971 bits per heavy atom. The van der Waals surface area contributed by atoms with Crippen LogP contribution in [0.25, 0.3) is 0 Å². The molecule has 0 saturated carbocycles. The highest BCUT2D eigenvalue weighted by atomic mass is 35.5. The van der Waals surface area contributed by atoms with Crippen molar-refractivity contribution in [2.75, 3.05) is 12.3 Å². The quantitative estimate of drug-likeness (QED) is 0.231. The van der Waals surface area contributed by atoms with Crippen molar-refractivity contribution in [2.45, 2.75) is 50.6 Å². The molecule has 3 aromatic rings. The van der Waals surface area contributed by atoms with E-state index in [2.05, 4.69) is 12.2 Å². The van der Waals surface area contributed by atoms with Crippen LogP contribution in [0.1, 0.15) is 36.5 Å². The summed E-state index contributed by atoms with van der Waals surface area (Å²) >= 11 is 7.46. The molecule has 184 valence electrons. The molecule has 2 amide bonds. The number of nitrogens with zero attached hydrogens (tertiary/aromatic N) is 1. The van der Waals surface area contributed by atoms with Crippen LogP contribution in [-0.2, 0) is 22.6 Å².